The number of carboxylic acid groups (broad SMARTS) is 1. The molecule has 38 heteroatoms. The summed E-state index contributed by atoms with van der Waals surface area (Å²) in [5.74, 6) is -15.9. The molecule has 132 heavy (non-hydrogen) atoms. The standard InChI is InChI=1S/C94H93Cl3N10O24S/c1-42(2)30-59(99-5)85(117)105-75-77(112)50-23-28-63(57(96)32-50)126-65-34-52-35-66(127-64-29-24-51(33-58(64)97)78(113)76-90(122)104-74(91(123)124)56-36-54(108)37-62(110)70(56)55-31-49(22-27-61(55)109)72(87(119)106-76)103-88(120)73(52)102-86(118)60(38-68(98)111)101-89(75)121)82(65)130-92-83(129-69-39-94(4,84(116)43(3)125-69)100-40-44-16-18-45(19-17-44)46-20-25-53(95)26-21-46)80(115)79(114)67(128-92)41-132-93-107-71(47-12-8-6-9-13-47)81(131-93)48-14-10-7-11-15-48/h6-29,31-37,42-43,59-60,67,69,72-80,83-84,92,99-100,108-110,112-116H,30,38-41H2,1-5H3,(H2,98,111)(H,101,121)(H,102,118)(H,103,120)(H,104,122)(H,105,117)(H,106,119)(H,123,124)/t43?,59-,60-,67?,69?,72?,73?,74+,75+,76-,77+,78+,79?,80?,83?,84?,92?,94?/m0/s1. The number of fused-ring (bicyclic) bond motifs is 15. The van der Waals surface area contributed by atoms with E-state index in [1.165, 1.54) is 25.2 Å². The van der Waals surface area contributed by atoms with Crippen LogP contribution in [0.2, 0.25) is 15.1 Å². The highest BCUT2D eigenvalue weighted by molar-refractivity contribution is 7.99. The van der Waals surface area contributed by atoms with Crippen LogP contribution in [0.5, 0.6) is 46.0 Å². The van der Waals surface area contributed by atoms with Gasteiger partial charge in [-0.15, -0.1) is 0 Å². The number of hydrogen-bond donors (Lipinski definition) is 18. The van der Waals surface area contributed by atoms with E-state index in [9.17, 15) is 60.3 Å². The van der Waals surface area contributed by atoms with E-state index in [0.29, 0.717) is 27.6 Å². The molecule has 7 aliphatic heterocycles. The van der Waals surface area contributed by atoms with E-state index in [0.717, 1.165) is 89.1 Å². The smallest absolute Gasteiger partial charge is 0.330 e. The van der Waals surface area contributed by atoms with E-state index in [2.05, 4.69) is 42.5 Å². The number of phenols is 3. The van der Waals surface area contributed by atoms with Crippen molar-refractivity contribution in [3.8, 4) is 90.8 Å². The molecule has 0 radical (unpaired) electrons. The fraction of sp³-hybridized carbons (Fsp3) is 0.309. The molecular weight excluding hydrogens is 1790 g/mol. The molecule has 17 rings (SSSR count). The van der Waals surface area contributed by atoms with Crippen LogP contribution in [0, 0.1) is 5.92 Å². The van der Waals surface area contributed by atoms with Crippen molar-refractivity contribution >= 4 is 93.9 Å². The number of hydrogen-bond acceptors (Lipinski definition) is 27. The Kier molecular flexibility index (Phi) is 28.5. The number of primary amides is 1. The fourth-order valence-electron chi connectivity index (χ4n) is 16.5. The van der Waals surface area contributed by atoms with Crippen LogP contribution in [0.15, 0.2) is 198 Å². The Morgan fingerprint density at radius 3 is 1.86 bits per heavy atom. The number of ether oxygens (including phenoxy) is 6. The number of carbonyl (C=O) groups is 8. The summed E-state index contributed by atoms with van der Waals surface area (Å²) < 4.78 is 47.8. The van der Waals surface area contributed by atoms with Crippen LogP contribution in [0.1, 0.15) is 111 Å². The van der Waals surface area contributed by atoms with Gasteiger partial charge in [0.1, 0.15) is 89.1 Å². The van der Waals surface area contributed by atoms with Crippen molar-refractivity contribution in [3.63, 3.8) is 0 Å². The van der Waals surface area contributed by atoms with Crippen molar-refractivity contribution in [2.75, 3.05) is 12.8 Å². The van der Waals surface area contributed by atoms with Crippen LogP contribution in [0.25, 0.3) is 44.8 Å². The van der Waals surface area contributed by atoms with E-state index >= 15 is 24.0 Å². The van der Waals surface area contributed by atoms with Gasteiger partial charge in [-0.2, -0.15) is 0 Å². The fourth-order valence-corrected chi connectivity index (χ4v) is 17.9. The number of carbonyl (C=O) groups excluding carboxylic acids is 7. The molecule has 7 amide bonds. The van der Waals surface area contributed by atoms with Crippen molar-refractivity contribution < 1.29 is 117 Å². The second-order valence-corrected chi connectivity index (χ2v) is 35.4. The molecule has 10 aromatic rings. The zero-order valence-electron chi connectivity index (χ0n) is 71.0. The summed E-state index contributed by atoms with van der Waals surface area (Å²) in [5.41, 5.74) is 6.20. The number of aliphatic hydroxyl groups is 5. The number of phenolic OH excluding ortho intramolecular Hbond substituents is 3. The number of amides is 7. The maximum absolute atomic E-state index is 16.5. The monoisotopic (exact) mass is 1880 g/mol. The normalized spacial score (nSPS) is 25.2. The Morgan fingerprint density at radius 1 is 0.636 bits per heavy atom. The van der Waals surface area contributed by atoms with Crippen molar-refractivity contribution in [1.29, 1.82) is 0 Å². The lowest BCUT2D eigenvalue weighted by Gasteiger charge is -2.48. The number of aromatic nitrogens is 1. The third kappa shape index (κ3) is 20.6. The Morgan fingerprint density at radius 2 is 1.24 bits per heavy atom. The number of benzene rings is 9. The van der Waals surface area contributed by atoms with Crippen molar-refractivity contribution in [2.45, 2.75) is 168 Å². The predicted molar refractivity (Wildman–Crippen MR) is 480 cm³/mol. The van der Waals surface area contributed by atoms with Gasteiger partial charge in [-0.25, -0.2) is 9.78 Å². The molecule has 1 aromatic heterocycles. The van der Waals surface area contributed by atoms with Crippen molar-refractivity contribution in [2.24, 2.45) is 11.7 Å². The third-order valence-corrected chi connectivity index (χ3v) is 25.2. The Hall–Kier alpha value is -12.4. The minimum Gasteiger partial charge on any atom is -0.508 e. The van der Waals surface area contributed by atoms with E-state index in [-0.39, 0.29) is 63.7 Å². The number of aromatic hydroxyl groups is 3. The first-order valence-corrected chi connectivity index (χ1v) is 44.1. The SMILES string of the molecule is CN[C@@H](CC(C)C)C(=O)N[C@H]1C(=O)N[C@@H](CC(N)=O)C(=O)NC2C(=O)NC3C(=O)N[C@H](C(=O)N[C@@H](C(=O)O)c4cc(O)cc(O)c4-c4cc3ccc4O)[C@H](O)c3ccc(c(Cl)c3)Oc3cc2cc(c3OC2OC(CSc3nc(-c4ccccc4)c(-c4ccccc4)o3)C(O)C(O)C2OC2CC(C)(NCc3ccc(-c4ccc(Cl)cc4)cc3)C(O)C(C)O2)Oc2ccc(cc2Cl)[C@H]1O. The van der Waals surface area contributed by atoms with Gasteiger partial charge in [-0.05, 0) is 139 Å². The maximum atomic E-state index is 16.5. The number of oxazole rings is 1. The Balaban J connectivity index is 0.912. The summed E-state index contributed by atoms with van der Waals surface area (Å²) in [4.78, 5) is 125. The first kappa shape index (κ1) is 94.2. The lowest BCUT2D eigenvalue weighted by Crippen LogP contribution is -2.65. The minimum atomic E-state index is -2.38. The highest BCUT2D eigenvalue weighted by Gasteiger charge is 2.53. The molecule has 18 atom stereocenters. The van der Waals surface area contributed by atoms with Crippen molar-refractivity contribution in [1.82, 2.24) is 47.5 Å². The second-order valence-electron chi connectivity index (χ2n) is 33.2. The number of nitrogens with one attached hydrogen (secondary N) is 8. The molecule has 690 valence electrons. The summed E-state index contributed by atoms with van der Waals surface area (Å²) in [5, 5.41) is 130. The first-order chi connectivity index (χ1) is 63.1. The predicted octanol–water partition coefficient (Wildman–Crippen LogP) is 9.38. The molecule has 0 spiro atoms. The number of halogens is 3. The van der Waals surface area contributed by atoms with Crippen LogP contribution >= 0.6 is 46.6 Å². The van der Waals surface area contributed by atoms with Gasteiger partial charge >= 0.3 is 5.97 Å². The highest BCUT2D eigenvalue weighted by Crippen LogP contribution is 2.51. The number of aliphatic carboxylic acids is 1. The number of rotatable bonds is 21. The van der Waals surface area contributed by atoms with Crippen molar-refractivity contribution in [3.05, 3.63) is 237 Å². The molecule has 11 bridgehead atoms. The molecule has 2 fully saturated rings. The largest absolute Gasteiger partial charge is 0.508 e. The van der Waals surface area contributed by atoms with Gasteiger partial charge in [0.25, 0.3) is 5.22 Å². The van der Waals surface area contributed by atoms with Gasteiger partial charge < -0.3 is 127 Å². The summed E-state index contributed by atoms with van der Waals surface area (Å²) in [6.07, 6.45) is -18.6. The second kappa shape index (κ2) is 39.9. The molecule has 0 saturated carbocycles. The summed E-state index contributed by atoms with van der Waals surface area (Å²) in [6.45, 7) is 7.19. The van der Waals surface area contributed by atoms with E-state index < -0.39 is 231 Å². The Labute approximate surface area is 773 Å². The first-order valence-electron chi connectivity index (χ1n) is 42.0. The summed E-state index contributed by atoms with van der Waals surface area (Å²) >= 11 is 21.8. The van der Waals surface area contributed by atoms with Crippen LogP contribution in [0.3, 0.4) is 0 Å². The summed E-state index contributed by atoms with van der Waals surface area (Å²) in [7, 11) is 1.48. The number of carboxylic acids is 1. The van der Waals surface area contributed by atoms with Gasteiger partial charge in [-0.1, -0.05) is 176 Å². The van der Waals surface area contributed by atoms with Crippen LogP contribution < -0.4 is 62.5 Å². The van der Waals surface area contributed by atoms with Gasteiger partial charge in [-0.3, -0.25) is 33.6 Å². The van der Waals surface area contributed by atoms with Gasteiger partial charge in [0.15, 0.2) is 35.7 Å². The van der Waals surface area contributed by atoms with Crippen LogP contribution in [-0.2, 0) is 59.1 Å². The zero-order chi connectivity index (χ0) is 94.0. The number of nitrogens with zero attached hydrogens (tertiary/aromatic N) is 1. The van der Waals surface area contributed by atoms with Gasteiger partial charge in [0, 0.05) is 63.2 Å². The number of likely N-dealkylation sites (N-methyl/N-ethyl adjacent to an activating group) is 1. The number of aliphatic hydroxyl groups excluding tert-OH is 5. The molecule has 19 N–H and O–H groups in total. The quantitative estimate of drug-likeness (QED) is 0.0298. The number of thioether (sulfide) groups is 1. The zero-order valence-corrected chi connectivity index (χ0v) is 74.1. The van der Waals surface area contributed by atoms with Gasteiger partial charge in [0.2, 0.25) is 53.4 Å². The minimum absolute atomic E-state index is 0.0805. The average molecular weight is 1890 g/mol. The topological polar surface area (TPSA) is 522 Å². The molecular formula is C94H93Cl3N10O24S. The lowest BCUT2D eigenvalue weighted by molar-refractivity contribution is -0.330. The highest BCUT2D eigenvalue weighted by atomic mass is 35.5. The van der Waals surface area contributed by atoms with Crippen LogP contribution in [-0.4, -0.2) is 190 Å². The molecule has 2 saturated heterocycles. The lowest BCUT2D eigenvalue weighted by atomic mass is 9.84. The van der Waals surface area contributed by atoms with Gasteiger partial charge in [0.05, 0.1) is 40.8 Å². The molecule has 9 aromatic carbocycles. The van der Waals surface area contributed by atoms with E-state index in [1.807, 2.05) is 111 Å². The van der Waals surface area contributed by atoms with E-state index in [1.54, 1.807) is 26.0 Å². The average Bonchev–Trinajstić information content (AvgIpc) is 0.853. The Bertz CT molecular complexity index is 5970. The molecule has 11 unspecified atom stereocenters. The number of nitrogens with two attached hydrogens (primary N) is 1. The third-order valence-electron chi connectivity index (χ3n) is 23.4. The molecule has 34 nitrogen and oxygen atoms in total. The van der Waals surface area contributed by atoms with E-state index in [4.69, 9.17) is 78.4 Å². The molecule has 8 heterocycles. The summed E-state index contributed by atoms with van der Waals surface area (Å²) in [6, 6.07) is 32.9. The molecule has 0 aliphatic carbocycles. The molecule has 7 aliphatic rings. The van der Waals surface area contributed by atoms with Crippen LogP contribution in [0.4, 0.5) is 0 Å². The maximum Gasteiger partial charge on any atom is 0.330 e.